The van der Waals surface area contributed by atoms with Crippen molar-refractivity contribution in [1.82, 2.24) is 4.90 Å². The van der Waals surface area contributed by atoms with Crippen molar-refractivity contribution >= 4 is 0 Å². The van der Waals surface area contributed by atoms with Gasteiger partial charge in [0, 0.05) is 6.54 Å². The zero-order valence-electron chi connectivity index (χ0n) is 11.2. The zero-order chi connectivity index (χ0) is 12.8. The third-order valence-corrected chi connectivity index (χ3v) is 4.09. The van der Waals surface area contributed by atoms with Crippen LogP contribution in [0.2, 0.25) is 0 Å². The third-order valence-electron chi connectivity index (χ3n) is 4.09. The molecule has 2 nitrogen and oxygen atoms in total. The summed E-state index contributed by atoms with van der Waals surface area (Å²) in [5, 5.41) is 9.63. The molecule has 0 atom stereocenters. The highest BCUT2D eigenvalue weighted by Crippen LogP contribution is 2.34. The first-order chi connectivity index (χ1) is 8.80. The topological polar surface area (TPSA) is 27.0 Å². The van der Waals surface area contributed by atoms with Gasteiger partial charge in [-0.15, -0.1) is 0 Å². The predicted molar refractivity (Wildman–Crippen MR) is 74.0 cm³/mol. The number of rotatable bonds is 4. The first kappa shape index (κ1) is 13.1. The Labute approximate surface area is 110 Å². The minimum Gasteiger partial charge on any atom is -0.281 e. The van der Waals surface area contributed by atoms with Gasteiger partial charge in [-0.3, -0.25) is 4.90 Å². The maximum Gasteiger partial charge on any atom is 0.109 e. The fraction of sp³-hybridized carbons (Fsp3) is 0.562. The van der Waals surface area contributed by atoms with Gasteiger partial charge in [0.1, 0.15) is 5.54 Å². The van der Waals surface area contributed by atoms with Crippen LogP contribution in [-0.4, -0.2) is 17.0 Å². The molecule has 0 N–H and O–H groups in total. The van der Waals surface area contributed by atoms with Gasteiger partial charge in [-0.1, -0.05) is 56.5 Å². The maximum absolute atomic E-state index is 9.63. The Morgan fingerprint density at radius 2 is 1.83 bits per heavy atom. The fourth-order valence-corrected chi connectivity index (χ4v) is 3.01. The molecule has 0 saturated heterocycles. The van der Waals surface area contributed by atoms with Crippen molar-refractivity contribution in [3.05, 3.63) is 35.9 Å². The molecule has 1 aromatic rings. The lowest BCUT2D eigenvalue weighted by molar-refractivity contribution is 0.0959. The highest BCUT2D eigenvalue weighted by molar-refractivity contribution is 5.17. The van der Waals surface area contributed by atoms with Crippen LogP contribution >= 0.6 is 0 Å². The average molecular weight is 242 g/mol. The van der Waals surface area contributed by atoms with Crippen molar-refractivity contribution in [2.24, 2.45) is 0 Å². The summed E-state index contributed by atoms with van der Waals surface area (Å²) in [6.07, 6.45) is 5.73. The van der Waals surface area contributed by atoms with Crippen molar-refractivity contribution in [1.29, 1.82) is 5.26 Å². The molecule has 96 valence electrons. The summed E-state index contributed by atoms with van der Waals surface area (Å²) in [7, 11) is 0. The van der Waals surface area contributed by atoms with Gasteiger partial charge >= 0.3 is 0 Å². The average Bonchev–Trinajstić information content (AvgIpc) is 2.46. The molecule has 0 aromatic heterocycles. The molecule has 0 aliphatic heterocycles. The van der Waals surface area contributed by atoms with Crippen molar-refractivity contribution < 1.29 is 0 Å². The lowest BCUT2D eigenvalue weighted by Gasteiger charge is -2.41. The molecule has 0 heterocycles. The second-order valence-electron chi connectivity index (χ2n) is 5.20. The number of nitrogens with zero attached hydrogens (tertiary/aromatic N) is 2. The number of nitriles is 1. The molecule has 0 amide bonds. The van der Waals surface area contributed by atoms with Crippen LogP contribution in [0, 0.1) is 11.3 Å². The Kier molecular flexibility index (Phi) is 4.38. The van der Waals surface area contributed by atoms with Gasteiger partial charge in [0.25, 0.3) is 0 Å². The van der Waals surface area contributed by atoms with E-state index in [9.17, 15) is 5.26 Å². The van der Waals surface area contributed by atoms with Gasteiger partial charge in [0.2, 0.25) is 0 Å². The minimum atomic E-state index is -0.219. The summed E-state index contributed by atoms with van der Waals surface area (Å²) in [6, 6.07) is 13.1. The van der Waals surface area contributed by atoms with Gasteiger partial charge in [0.15, 0.2) is 0 Å². The lowest BCUT2D eigenvalue weighted by Crippen LogP contribution is -2.48. The van der Waals surface area contributed by atoms with E-state index in [1.54, 1.807) is 0 Å². The molecule has 1 saturated carbocycles. The highest BCUT2D eigenvalue weighted by Gasteiger charge is 2.37. The minimum absolute atomic E-state index is 0.219. The summed E-state index contributed by atoms with van der Waals surface area (Å²) in [5.74, 6) is 0. The van der Waals surface area contributed by atoms with Crippen molar-refractivity contribution in [3.8, 4) is 6.07 Å². The second-order valence-corrected chi connectivity index (χ2v) is 5.20. The van der Waals surface area contributed by atoms with E-state index >= 15 is 0 Å². The Morgan fingerprint density at radius 1 is 1.17 bits per heavy atom. The smallest absolute Gasteiger partial charge is 0.109 e. The van der Waals surface area contributed by atoms with Crippen LogP contribution in [0.1, 0.15) is 44.6 Å². The first-order valence-electron chi connectivity index (χ1n) is 7.01. The number of benzene rings is 1. The molecule has 1 fully saturated rings. The molecule has 1 aromatic carbocycles. The molecular weight excluding hydrogens is 220 g/mol. The van der Waals surface area contributed by atoms with Gasteiger partial charge in [-0.2, -0.15) is 5.26 Å². The van der Waals surface area contributed by atoms with E-state index in [1.807, 2.05) is 6.07 Å². The van der Waals surface area contributed by atoms with Crippen LogP contribution in [0.4, 0.5) is 0 Å². The van der Waals surface area contributed by atoms with Crippen LogP contribution in [0.5, 0.6) is 0 Å². The van der Waals surface area contributed by atoms with Crippen LogP contribution in [-0.2, 0) is 6.54 Å². The highest BCUT2D eigenvalue weighted by atomic mass is 15.2. The molecule has 1 aliphatic rings. The molecule has 0 spiro atoms. The van der Waals surface area contributed by atoms with Crippen molar-refractivity contribution in [2.75, 3.05) is 6.54 Å². The summed E-state index contributed by atoms with van der Waals surface area (Å²) in [6.45, 7) is 4.00. The largest absolute Gasteiger partial charge is 0.281 e. The van der Waals surface area contributed by atoms with Crippen LogP contribution < -0.4 is 0 Å². The lowest BCUT2D eigenvalue weighted by atomic mass is 9.81. The van der Waals surface area contributed by atoms with E-state index < -0.39 is 0 Å². The SMILES string of the molecule is CCN(Cc1ccccc1)C1(C#N)CCCCC1. The van der Waals surface area contributed by atoms with Gasteiger partial charge in [-0.05, 0) is 24.9 Å². The molecule has 2 rings (SSSR count). The molecule has 0 radical (unpaired) electrons. The molecule has 0 bridgehead atoms. The van der Waals surface area contributed by atoms with E-state index in [2.05, 4.69) is 42.2 Å². The Hall–Kier alpha value is -1.33. The molecule has 0 unspecified atom stereocenters. The van der Waals surface area contributed by atoms with Crippen LogP contribution in [0.15, 0.2) is 30.3 Å². The van der Waals surface area contributed by atoms with E-state index in [1.165, 1.54) is 24.8 Å². The Bertz CT molecular complexity index is 399. The quantitative estimate of drug-likeness (QED) is 0.804. The standard InChI is InChI=1S/C16H22N2/c1-2-18(13-15-9-5-3-6-10-15)16(14-17)11-7-4-8-12-16/h3,5-6,9-10H,2,4,7-8,11-13H2,1H3. The number of hydrogen-bond acceptors (Lipinski definition) is 2. The van der Waals surface area contributed by atoms with Gasteiger partial charge < -0.3 is 0 Å². The predicted octanol–water partition coefficient (Wildman–Crippen LogP) is 3.73. The fourth-order valence-electron chi connectivity index (χ4n) is 3.01. The van der Waals surface area contributed by atoms with Crippen LogP contribution in [0.25, 0.3) is 0 Å². The van der Waals surface area contributed by atoms with Crippen molar-refractivity contribution in [2.45, 2.75) is 51.1 Å². The zero-order valence-corrected chi connectivity index (χ0v) is 11.2. The van der Waals surface area contributed by atoms with Crippen molar-refractivity contribution in [3.63, 3.8) is 0 Å². The van der Waals surface area contributed by atoms with Crippen LogP contribution in [0.3, 0.4) is 0 Å². The normalized spacial score (nSPS) is 18.5. The summed E-state index contributed by atoms with van der Waals surface area (Å²) < 4.78 is 0. The van der Waals surface area contributed by atoms with E-state index in [0.717, 1.165) is 25.9 Å². The Morgan fingerprint density at radius 3 is 2.39 bits per heavy atom. The summed E-state index contributed by atoms with van der Waals surface area (Å²) in [5.41, 5.74) is 1.09. The maximum atomic E-state index is 9.63. The first-order valence-corrected chi connectivity index (χ1v) is 7.01. The second kappa shape index (κ2) is 6.02. The summed E-state index contributed by atoms with van der Waals surface area (Å²) >= 11 is 0. The number of hydrogen-bond donors (Lipinski definition) is 0. The summed E-state index contributed by atoms with van der Waals surface area (Å²) in [4.78, 5) is 2.36. The third kappa shape index (κ3) is 2.73. The van der Waals surface area contributed by atoms with E-state index in [-0.39, 0.29) is 5.54 Å². The van der Waals surface area contributed by atoms with Gasteiger partial charge in [0.05, 0.1) is 6.07 Å². The monoisotopic (exact) mass is 242 g/mol. The molecule has 18 heavy (non-hydrogen) atoms. The molecule has 2 heteroatoms. The van der Waals surface area contributed by atoms with Gasteiger partial charge in [-0.25, -0.2) is 0 Å². The van der Waals surface area contributed by atoms with E-state index in [0.29, 0.717) is 0 Å². The molecular formula is C16H22N2. The Balaban J connectivity index is 2.14. The molecule has 1 aliphatic carbocycles. The van der Waals surface area contributed by atoms with E-state index in [4.69, 9.17) is 0 Å².